The second-order valence-corrected chi connectivity index (χ2v) is 5.21. The first-order chi connectivity index (χ1) is 9.65. The minimum Gasteiger partial charge on any atom is -0.388 e. The van der Waals surface area contributed by atoms with Crippen molar-refractivity contribution in [3.63, 3.8) is 0 Å². The van der Waals surface area contributed by atoms with Gasteiger partial charge in [-0.05, 0) is 37.5 Å². The number of aliphatic hydroxyl groups excluding tert-OH is 1. The maximum atomic E-state index is 10.3. The lowest BCUT2D eigenvalue weighted by Crippen LogP contribution is -2.09. The molecule has 1 unspecified atom stereocenters. The summed E-state index contributed by atoms with van der Waals surface area (Å²) in [4.78, 5) is 4.08. The van der Waals surface area contributed by atoms with E-state index < -0.39 is 6.10 Å². The highest BCUT2D eigenvalue weighted by molar-refractivity contribution is 5.24. The molecule has 4 nitrogen and oxygen atoms in total. The number of pyridine rings is 1. The van der Waals surface area contributed by atoms with Crippen LogP contribution in [-0.4, -0.2) is 19.9 Å². The van der Waals surface area contributed by atoms with Gasteiger partial charge < -0.3 is 5.11 Å². The number of hydrogen-bond acceptors (Lipinski definition) is 3. The highest BCUT2D eigenvalue weighted by Gasteiger charge is 2.14. The maximum absolute atomic E-state index is 10.3. The van der Waals surface area contributed by atoms with Gasteiger partial charge in [0.2, 0.25) is 0 Å². The number of nitrogens with zero attached hydrogens (tertiary/aromatic N) is 3. The molecule has 0 aliphatic rings. The topological polar surface area (TPSA) is 50.9 Å². The molecule has 20 heavy (non-hydrogen) atoms. The summed E-state index contributed by atoms with van der Waals surface area (Å²) in [5, 5.41) is 14.9. The van der Waals surface area contributed by atoms with Gasteiger partial charge in [-0.15, -0.1) is 0 Å². The van der Waals surface area contributed by atoms with Gasteiger partial charge in [0.1, 0.15) is 0 Å². The summed E-state index contributed by atoms with van der Waals surface area (Å²) in [7, 11) is 0. The van der Waals surface area contributed by atoms with Crippen molar-refractivity contribution in [3.05, 3.63) is 47.5 Å². The van der Waals surface area contributed by atoms with Crippen molar-refractivity contribution in [2.45, 2.75) is 52.2 Å². The van der Waals surface area contributed by atoms with Crippen LogP contribution >= 0.6 is 0 Å². The van der Waals surface area contributed by atoms with E-state index in [1.54, 1.807) is 12.4 Å². The summed E-state index contributed by atoms with van der Waals surface area (Å²) in [6.45, 7) is 6.33. The highest BCUT2D eigenvalue weighted by atomic mass is 16.3. The fraction of sp³-hybridized carbons (Fsp3) is 0.500. The Morgan fingerprint density at radius 1 is 1.25 bits per heavy atom. The van der Waals surface area contributed by atoms with Gasteiger partial charge >= 0.3 is 0 Å². The number of aliphatic hydroxyl groups is 1. The zero-order valence-electron chi connectivity index (χ0n) is 12.5. The Labute approximate surface area is 120 Å². The van der Waals surface area contributed by atoms with E-state index in [9.17, 15) is 5.11 Å². The molecule has 0 aromatic carbocycles. The van der Waals surface area contributed by atoms with Crippen LogP contribution in [0.5, 0.6) is 0 Å². The van der Waals surface area contributed by atoms with Crippen LogP contribution in [0.3, 0.4) is 0 Å². The van der Waals surface area contributed by atoms with E-state index in [0.29, 0.717) is 12.5 Å². The molecule has 2 aromatic heterocycles. The lowest BCUT2D eigenvalue weighted by molar-refractivity contribution is 0.175. The van der Waals surface area contributed by atoms with E-state index in [1.165, 1.54) is 0 Å². The Hall–Kier alpha value is -1.68. The van der Waals surface area contributed by atoms with E-state index in [2.05, 4.69) is 23.9 Å². The molecule has 1 atom stereocenters. The molecule has 0 aliphatic carbocycles. The van der Waals surface area contributed by atoms with Gasteiger partial charge in [0.25, 0.3) is 0 Å². The van der Waals surface area contributed by atoms with Crippen LogP contribution in [-0.2, 0) is 6.42 Å². The van der Waals surface area contributed by atoms with E-state index >= 15 is 0 Å². The molecule has 2 aromatic rings. The third-order valence-corrected chi connectivity index (χ3v) is 3.82. The van der Waals surface area contributed by atoms with Gasteiger partial charge in [0.05, 0.1) is 17.8 Å². The van der Waals surface area contributed by atoms with Gasteiger partial charge in [-0.25, -0.2) is 0 Å². The Morgan fingerprint density at radius 3 is 2.65 bits per heavy atom. The van der Waals surface area contributed by atoms with Crippen molar-refractivity contribution < 1.29 is 5.11 Å². The molecule has 0 saturated carbocycles. The molecule has 0 radical (unpaired) electrons. The van der Waals surface area contributed by atoms with Gasteiger partial charge in [-0.1, -0.05) is 13.8 Å². The van der Waals surface area contributed by atoms with Gasteiger partial charge in [0, 0.05) is 30.6 Å². The zero-order chi connectivity index (χ0) is 14.5. The fourth-order valence-electron chi connectivity index (χ4n) is 2.49. The predicted molar refractivity (Wildman–Crippen MR) is 79.5 cm³/mol. The Morgan fingerprint density at radius 2 is 2.00 bits per heavy atom. The second kappa shape index (κ2) is 6.66. The third kappa shape index (κ3) is 3.25. The van der Waals surface area contributed by atoms with Crippen molar-refractivity contribution in [3.8, 4) is 0 Å². The molecule has 108 valence electrons. The number of aromatic nitrogens is 3. The summed E-state index contributed by atoms with van der Waals surface area (Å²) in [6.07, 6.45) is 7.61. The number of hydrogen-bond donors (Lipinski definition) is 1. The Bertz CT molecular complexity index is 546. The van der Waals surface area contributed by atoms with E-state index in [0.717, 1.165) is 29.7 Å². The van der Waals surface area contributed by atoms with Gasteiger partial charge in [0.15, 0.2) is 0 Å². The van der Waals surface area contributed by atoms with E-state index in [4.69, 9.17) is 0 Å². The first-order valence-corrected chi connectivity index (χ1v) is 7.28. The van der Waals surface area contributed by atoms with Gasteiger partial charge in [-0.2, -0.15) is 5.10 Å². The Balaban J connectivity index is 2.09. The molecule has 0 aliphatic heterocycles. The third-order valence-electron chi connectivity index (χ3n) is 3.82. The van der Waals surface area contributed by atoms with E-state index in [1.807, 2.05) is 29.9 Å². The molecule has 0 saturated heterocycles. The maximum Gasteiger partial charge on any atom is 0.0863 e. The summed E-state index contributed by atoms with van der Waals surface area (Å²) >= 11 is 0. The van der Waals surface area contributed by atoms with Crippen LogP contribution in [0.15, 0.2) is 30.7 Å². The summed E-state index contributed by atoms with van der Waals surface area (Å²) in [6, 6.07) is 4.36. The normalized spacial score (nSPS) is 12.8. The van der Waals surface area contributed by atoms with E-state index in [-0.39, 0.29) is 0 Å². The molecule has 0 fully saturated rings. The summed E-state index contributed by atoms with van der Waals surface area (Å²) < 4.78 is 2.01. The molecule has 2 heterocycles. The van der Waals surface area contributed by atoms with Gasteiger partial charge in [-0.3, -0.25) is 9.67 Å². The molecule has 2 rings (SSSR count). The smallest absolute Gasteiger partial charge is 0.0863 e. The van der Waals surface area contributed by atoms with Crippen LogP contribution in [0.2, 0.25) is 0 Å². The minimum absolute atomic E-state index is 0.445. The molecular formula is C16H23N3O. The quantitative estimate of drug-likeness (QED) is 0.879. The first kappa shape index (κ1) is 14.7. The lowest BCUT2D eigenvalue weighted by atomic mass is 10.0. The predicted octanol–water partition coefficient (Wildman–Crippen LogP) is 3.22. The standard InChI is InChI=1S/C16H23N3O/c1-4-14(5-2)19-9-7-13(18-19)10-16(20)15-11-17-8-6-12(15)3/h6-9,11,14,16,20H,4-5,10H2,1-3H3. The fourth-order valence-corrected chi connectivity index (χ4v) is 2.49. The number of rotatable bonds is 6. The SMILES string of the molecule is CCC(CC)n1ccc(CC(O)c2cnccc2C)n1. The van der Waals surface area contributed by atoms with Crippen molar-refractivity contribution in [2.24, 2.45) is 0 Å². The van der Waals surface area contributed by atoms with Crippen molar-refractivity contribution in [1.29, 1.82) is 0 Å². The average Bonchev–Trinajstić information content (AvgIpc) is 2.89. The second-order valence-electron chi connectivity index (χ2n) is 5.21. The number of aryl methyl sites for hydroxylation is 1. The van der Waals surface area contributed by atoms with Crippen molar-refractivity contribution in [2.75, 3.05) is 0 Å². The van der Waals surface area contributed by atoms with Crippen molar-refractivity contribution in [1.82, 2.24) is 14.8 Å². The lowest BCUT2D eigenvalue weighted by Gasteiger charge is -2.13. The molecular weight excluding hydrogens is 250 g/mol. The van der Waals surface area contributed by atoms with Crippen LogP contribution in [0.25, 0.3) is 0 Å². The van der Waals surface area contributed by atoms with Crippen LogP contribution in [0.1, 0.15) is 55.7 Å². The van der Waals surface area contributed by atoms with Crippen LogP contribution in [0.4, 0.5) is 0 Å². The molecule has 4 heteroatoms. The monoisotopic (exact) mass is 273 g/mol. The Kier molecular flexibility index (Phi) is 4.90. The van der Waals surface area contributed by atoms with Crippen molar-refractivity contribution >= 4 is 0 Å². The van der Waals surface area contributed by atoms with Crippen LogP contribution < -0.4 is 0 Å². The zero-order valence-corrected chi connectivity index (χ0v) is 12.5. The summed E-state index contributed by atoms with van der Waals surface area (Å²) in [5.41, 5.74) is 2.86. The molecule has 1 N–H and O–H groups in total. The minimum atomic E-state index is -0.547. The highest BCUT2D eigenvalue weighted by Crippen LogP contribution is 2.21. The average molecular weight is 273 g/mol. The molecule has 0 spiro atoms. The first-order valence-electron chi connectivity index (χ1n) is 7.28. The largest absolute Gasteiger partial charge is 0.388 e. The molecule has 0 bridgehead atoms. The van der Waals surface area contributed by atoms with Crippen LogP contribution in [0, 0.1) is 6.92 Å². The summed E-state index contributed by atoms with van der Waals surface area (Å²) in [5.74, 6) is 0. The molecule has 0 amide bonds.